The molecule has 0 unspecified atom stereocenters. The fraction of sp³-hybridized carbons (Fsp3) is 0.125. The lowest BCUT2D eigenvalue weighted by atomic mass is 10.1. The van der Waals surface area contributed by atoms with Crippen molar-refractivity contribution in [2.45, 2.75) is 13.3 Å². The molecule has 2 rings (SSSR count). The molecule has 3 nitrogen and oxygen atoms in total. The predicted octanol–water partition coefficient (Wildman–Crippen LogP) is 4.42. The molecular formula is C16H13BrF2N2OS. The second kappa shape index (κ2) is 7.61. The van der Waals surface area contributed by atoms with Gasteiger partial charge in [-0.3, -0.25) is 10.1 Å². The predicted molar refractivity (Wildman–Crippen MR) is 93.6 cm³/mol. The Bertz CT molecular complexity index is 727. The molecule has 0 saturated carbocycles. The number of rotatable bonds is 3. The average Bonchev–Trinajstić information content (AvgIpc) is 2.51. The van der Waals surface area contributed by atoms with Gasteiger partial charge in [-0.05, 0) is 58.3 Å². The molecule has 0 aliphatic heterocycles. The first kappa shape index (κ1) is 17.5. The lowest BCUT2D eigenvalue weighted by Gasteiger charge is -2.12. The molecule has 120 valence electrons. The Hall–Kier alpha value is -1.86. The van der Waals surface area contributed by atoms with Crippen molar-refractivity contribution in [1.82, 2.24) is 5.32 Å². The summed E-state index contributed by atoms with van der Waals surface area (Å²) in [6, 6.07) is 8.89. The van der Waals surface area contributed by atoms with Crippen LogP contribution in [0.1, 0.15) is 22.8 Å². The highest BCUT2D eigenvalue weighted by molar-refractivity contribution is 9.10. The molecule has 0 aromatic heterocycles. The second-order valence-corrected chi connectivity index (χ2v) is 5.97. The molecule has 0 spiro atoms. The van der Waals surface area contributed by atoms with Crippen LogP contribution in [0.15, 0.2) is 40.9 Å². The van der Waals surface area contributed by atoms with Crippen LogP contribution in [0.3, 0.4) is 0 Å². The van der Waals surface area contributed by atoms with Crippen molar-refractivity contribution >= 4 is 44.9 Å². The van der Waals surface area contributed by atoms with E-state index in [2.05, 4.69) is 26.6 Å². The third kappa shape index (κ3) is 4.56. The zero-order valence-corrected chi connectivity index (χ0v) is 14.5. The smallest absolute Gasteiger partial charge is 0.257 e. The number of benzene rings is 2. The molecule has 7 heteroatoms. The van der Waals surface area contributed by atoms with Crippen LogP contribution < -0.4 is 10.6 Å². The van der Waals surface area contributed by atoms with Crippen LogP contribution >= 0.6 is 28.1 Å². The largest absolute Gasteiger partial charge is 0.329 e. The van der Waals surface area contributed by atoms with E-state index >= 15 is 0 Å². The maximum Gasteiger partial charge on any atom is 0.257 e. The normalized spacial score (nSPS) is 10.3. The first-order valence-electron chi connectivity index (χ1n) is 6.76. The third-order valence-corrected chi connectivity index (χ3v) is 3.93. The summed E-state index contributed by atoms with van der Waals surface area (Å²) >= 11 is 8.03. The zero-order valence-electron chi connectivity index (χ0n) is 12.1. The highest BCUT2D eigenvalue weighted by Crippen LogP contribution is 2.26. The van der Waals surface area contributed by atoms with Crippen molar-refractivity contribution in [3.05, 3.63) is 63.6 Å². The molecule has 0 saturated heterocycles. The van der Waals surface area contributed by atoms with Gasteiger partial charge < -0.3 is 5.32 Å². The average molecular weight is 399 g/mol. The fourth-order valence-corrected chi connectivity index (χ4v) is 2.58. The number of carbonyl (C=O) groups excluding carboxylic acids is 1. The van der Waals surface area contributed by atoms with Crippen LogP contribution in [0, 0.1) is 11.6 Å². The number of hydrogen-bond donors (Lipinski definition) is 2. The van der Waals surface area contributed by atoms with Crippen molar-refractivity contribution < 1.29 is 13.6 Å². The highest BCUT2D eigenvalue weighted by Gasteiger charge is 2.13. The lowest BCUT2D eigenvalue weighted by molar-refractivity contribution is 0.0977. The van der Waals surface area contributed by atoms with Gasteiger partial charge in [-0.2, -0.15) is 0 Å². The number of hydrogen-bond acceptors (Lipinski definition) is 2. The van der Waals surface area contributed by atoms with Crippen molar-refractivity contribution in [1.29, 1.82) is 0 Å². The highest BCUT2D eigenvalue weighted by atomic mass is 79.9. The minimum absolute atomic E-state index is 0.0435. The second-order valence-electron chi connectivity index (χ2n) is 4.70. The van der Waals surface area contributed by atoms with Crippen molar-refractivity contribution in [2.24, 2.45) is 0 Å². The summed E-state index contributed by atoms with van der Waals surface area (Å²) in [5.41, 5.74) is 1.50. The topological polar surface area (TPSA) is 41.1 Å². The van der Waals surface area contributed by atoms with Crippen LogP contribution in [0.4, 0.5) is 14.5 Å². The van der Waals surface area contributed by atoms with Gasteiger partial charge in [0, 0.05) is 16.1 Å². The third-order valence-electron chi connectivity index (χ3n) is 3.10. The molecule has 0 heterocycles. The summed E-state index contributed by atoms with van der Waals surface area (Å²) in [4.78, 5) is 12.1. The number of amides is 1. The maximum absolute atomic E-state index is 13.7. The van der Waals surface area contributed by atoms with Crippen LogP contribution in [0.5, 0.6) is 0 Å². The molecule has 0 aliphatic rings. The number of aryl methyl sites for hydroxylation is 1. The maximum atomic E-state index is 13.7. The standard InChI is InChI=1S/C16H13BrF2N2OS/c1-2-9-3-5-10(6-4-9)15(22)21-16(23)20-14-12(17)7-11(18)8-13(14)19/h3-8H,2H2,1H3,(H2,20,21,22,23). The van der Waals surface area contributed by atoms with Crippen LogP contribution in [-0.2, 0) is 6.42 Å². The van der Waals surface area contributed by atoms with Crippen LogP contribution in [0.2, 0.25) is 0 Å². The van der Waals surface area contributed by atoms with Gasteiger partial charge in [-0.25, -0.2) is 8.78 Å². The SMILES string of the molecule is CCc1ccc(C(=O)NC(=S)Nc2c(F)cc(F)cc2Br)cc1. The van der Waals surface area contributed by atoms with E-state index in [1.54, 1.807) is 12.1 Å². The lowest BCUT2D eigenvalue weighted by Crippen LogP contribution is -2.34. The van der Waals surface area contributed by atoms with E-state index in [1.807, 2.05) is 19.1 Å². The molecule has 2 aromatic rings. The fourth-order valence-electron chi connectivity index (χ4n) is 1.87. The van der Waals surface area contributed by atoms with Crippen molar-refractivity contribution in [3.8, 4) is 0 Å². The first-order valence-corrected chi connectivity index (χ1v) is 7.96. The van der Waals surface area contributed by atoms with Gasteiger partial charge in [0.25, 0.3) is 5.91 Å². The van der Waals surface area contributed by atoms with Gasteiger partial charge in [-0.1, -0.05) is 19.1 Å². The minimum atomic E-state index is -0.819. The Balaban J connectivity index is 2.05. The van der Waals surface area contributed by atoms with E-state index in [0.717, 1.165) is 24.1 Å². The van der Waals surface area contributed by atoms with E-state index in [4.69, 9.17) is 12.2 Å². The van der Waals surface area contributed by atoms with E-state index in [9.17, 15) is 13.6 Å². The summed E-state index contributed by atoms with van der Waals surface area (Å²) in [7, 11) is 0. The molecule has 0 fully saturated rings. The van der Waals surface area contributed by atoms with Gasteiger partial charge >= 0.3 is 0 Å². The Morgan fingerprint density at radius 1 is 1.22 bits per heavy atom. The Kier molecular flexibility index (Phi) is 5.79. The van der Waals surface area contributed by atoms with Crippen molar-refractivity contribution in [2.75, 3.05) is 5.32 Å². The van der Waals surface area contributed by atoms with Gasteiger partial charge in [0.15, 0.2) is 10.9 Å². The van der Waals surface area contributed by atoms with E-state index in [1.165, 1.54) is 0 Å². The number of thiocarbonyl (C=S) groups is 1. The summed E-state index contributed by atoms with van der Waals surface area (Å²) in [6.45, 7) is 2.02. The molecule has 1 amide bonds. The molecule has 2 N–H and O–H groups in total. The Morgan fingerprint density at radius 2 is 1.87 bits per heavy atom. The number of anilines is 1. The molecule has 0 aliphatic carbocycles. The van der Waals surface area contributed by atoms with Gasteiger partial charge in [0.1, 0.15) is 5.82 Å². The van der Waals surface area contributed by atoms with E-state index < -0.39 is 17.5 Å². The van der Waals surface area contributed by atoms with Gasteiger partial charge in [-0.15, -0.1) is 0 Å². The van der Waals surface area contributed by atoms with Crippen LogP contribution in [0.25, 0.3) is 0 Å². The zero-order chi connectivity index (χ0) is 17.0. The number of nitrogens with one attached hydrogen (secondary N) is 2. The van der Waals surface area contributed by atoms with E-state index in [-0.39, 0.29) is 15.3 Å². The first-order chi connectivity index (χ1) is 10.9. The summed E-state index contributed by atoms with van der Waals surface area (Å²) in [5, 5.41) is 4.91. The quantitative estimate of drug-likeness (QED) is 0.752. The summed E-state index contributed by atoms with van der Waals surface area (Å²) in [5.74, 6) is -1.95. The minimum Gasteiger partial charge on any atom is -0.329 e. The Labute approximate surface area is 146 Å². The summed E-state index contributed by atoms with van der Waals surface area (Å²) < 4.78 is 26.9. The summed E-state index contributed by atoms with van der Waals surface area (Å²) in [6.07, 6.45) is 0.875. The van der Waals surface area contributed by atoms with Gasteiger partial charge in [0.05, 0.1) is 5.69 Å². The molecule has 0 atom stereocenters. The molecule has 0 bridgehead atoms. The van der Waals surface area contributed by atoms with Crippen molar-refractivity contribution in [3.63, 3.8) is 0 Å². The molecule has 2 aromatic carbocycles. The Morgan fingerprint density at radius 3 is 2.43 bits per heavy atom. The van der Waals surface area contributed by atoms with Gasteiger partial charge in [0.2, 0.25) is 0 Å². The number of carbonyl (C=O) groups is 1. The molecule has 23 heavy (non-hydrogen) atoms. The van der Waals surface area contributed by atoms with Crippen LogP contribution in [-0.4, -0.2) is 11.0 Å². The monoisotopic (exact) mass is 398 g/mol. The number of halogens is 3. The van der Waals surface area contributed by atoms with E-state index in [0.29, 0.717) is 5.56 Å². The molecular weight excluding hydrogens is 386 g/mol. The molecule has 0 radical (unpaired) electrons.